The van der Waals surface area contributed by atoms with Crippen LogP contribution >= 0.6 is 0 Å². The maximum absolute atomic E-state index is 13.2. The van der Waals surface area contributed by atoms with Crippen molar-refractivity contribution in [1.82, 2.24) is 10.4 Å². The molecule has 31 heavy (non-hydrogen) atoms. The van der Waals surface area contributed by atoms with Gasteiger partial charge in [0.05, 0.1) is 12.1 Å². The molecule has 1 aliphatic rings. The Morgan fingerprint density at radius 1 is 1.13 bits per heavy atom. The molecule has 1 saturated heterocycles. The summed E-state index contributed by atoms with van der Waals surface area (Å²) in [6.45, 7) is 2.84. The van der Waals surface area contributed by atoms with Gasteiger partial charge in [0.25, 0.3) is 11.8 Å². The third-order valence-electron chi connectivity index (χ3n) is 4.61. The van der Waals surface area contributed by atoms with Gasteiger partial charge in [-0.1, -0.05) is 32.0 Å². The van der Waals surface area contributed by atoms with E-state index in [1.54, 1.807) is 44.2 Å². The molecule has 2 aromatic rings. The molecule has 1 unspecified atom stereocenters. The van der Waals surface area contributed by atoms with Gasteiger partial charge in [0, 0.05) is 5.92 Å². The molecule has 1 N–H and O–H groups in total. The number of anilines is 1. The number of ether oxygens (including phenoxy) is 1. The fourth-order valence-corrected chi connectivity index (χ4v) is 3.08. The van der Waals surface area contributed by atoms with Gasteiger partial charge in [-0.25, -0.2) is 14.3 Å². The van der Waals surface area contributed by atoms with Crippen molar-refractivity contribution >= 4 is 29.3 Å². The third-order valence-corrected chi connectivity index (χ3v) is 4.61. The number of hydrogen-bond acceptors (Lipinski definition) is 5. The molecule has 8 nitrogen and oxygen atoms in total. The van der Waals surface area contributed by atoms with Gasteiger partial charge >= 0.3 is 0 Å². The molecule has 162 valence electrons. The minimum atomic E-state index is -1.21. The Morgan fingerprint density at radius 2 is 1.77 bits per heavy atom. The number of hydrogen-bond donors (Lipinski definition) is 1. The maximum Gasteiger partial charge on any atom is 0.276 e. The predicted molar refractivity (Wildman–Crippen MR) is 109 cm³/mol. The molecule has 1 heterocycles. The molecule has 1 atom stereocenters. The molecule has 1 aliphatic heterocycles. The lowest BCUT2D eigenvalue weighted by Gasteiger charge is -2.29. The second-order valence-electron chi connectivity index (χ2n) is 7.26. The van der Waals surface area contributed by atoms with Crippen LogP contribution in [0.25, 0.3) is 0 Å². The van der Waals surface area contributed by atoms with Crippen LogP contribution in [0, 0.1) is 11.7 Å². The number of nitrogens with zero attached hydrogens (tertiary/aromatic N) is 2. The van der Waals surface area contributed by atoms with Crippen molar-refractivity contribution in [3.8, 4) is 5.75 Å². The normalized spacial score (nSPS) is 15.9. The van der Waals surface area contributed by atoms with Crippen molar-refractivity contribution in [1.29, 1.82) is 0 Å². The summed E-state index contributed by atoms with van der Waals surface area (Å²) in [4.78, 5) is 51.5. The van der Waals surface area contributed by atoms with E-state index in [0.29, 0.717) is 5.75 Å². The summed E-state index contributed by atoms with van der Waals surface area (Å²) in [6.07, 6.45) is -0.311. The minimum absolute atomic E-state index is 0.189. The van der Waals surface area contributed by atoms with Gasteiger partial charge in [-0.2, -0.15) is 0 Å². The van der Waals surface area contributed by atoms with Crippen LogP contribution in [0.3, 0.4) is 0 Å². The molecule has 0 radical (unpaired) electrons. The van der Waals surface area contributed by atoms with E-state index in [1.807, 2.05) is 0 Å². The molecular formula is C22H22FN3O5. The first-order valence-corrected chi connectivity index (χ1v) is 9.70. The molecule has 4 amide bonds. The summed E-state index contributed by atoms with van der Waals surface area (Å²) in [5, 5.41) is 0.894. The summed E-state index contributed by atoms with van der Waals surface area (Å²) < 4.78 is 18.6. The highest BCUT2D eigenvalue weighted by atomic mass is 19.1. The second-order valence-corrected chi connectivity index (χ2v) is 7.26. The number of para-hydroxylation sites is 1. The minimum Gasteiger partial charge on any atom is -0.484 e. The molecule has 0 saturated carbocycles. The van der Waals surface area contributed by atoms with Gasteiger partial charge < -0.3 is 4.74 Å². The van der Waals surface area contributed by atoms with Gasteiger partial charge in [0.2, 0.25) is 11.8 Å². The van der Waals surface area contributed by atoms with Crippen LogP contribution in [0.5, 0.6) is 5.75 Å². The van der Waals surface area contributed by atoms with Gasteiger partial charge in [0.1, 0.15) is 17.6 Å². The van der Waals surface area contributed by atoms with Gasteiger partial charge in [-0.05, 0) is 36.4 Å². The average Bonchev–Trinajstić information content (AvgIpc) is 3.05. The zero-order valence-electron chi connectivity index (χ0n) is 17.1. The summed E-state index contributed by atoms with van der Waals surface area (Å²) in [5.74, 6) is -3.01. The Morgan fingerprint density at radius 3 is 2.39 bits per heavy atom. The molecule has 0 aromatic heterocycles. The summed E-state index contributed by atoms with van der Waals surface area (Å²) >= 11 is 0. The summed E-state index contributed by atoms with van der Waals surface area (Å²) in [6, 6.07) is 12.3. The maximum atomic E-state index is 13.2. The Kier molecular flexibility index (Phi) is 6.64. The Labute approximate surface area is 178 Å². The van der Waals surface area contributed by atoms with Gasteiger partial charge in [-0.3, -0.25) is 24.6 Å². The number of benzene rings is 2. The number of carbonyl (C=O) groups excluding carboxylic acids is 4. The van der Waals surface area contributed by atoms with E-state index in [-0.39, 0.29) is 18.7 Å². The number of rotatable bonds is 6. The standard InChI is InChI=1S/C22H22FN3O5/c1-14(2)21(29)26(24-19(27)13-31-17-6-4-3-5-7-17)18-12-20(28)25(22(18)30)16-10-8-15(23)9-11-16/h3-11,14,18H,12-13H2,1-2H3,(H,24,27). The fraction of sp³-hybridized carbons (Fsp3) is 0.273. The molecule has 0 bridgehead atoms. The third kappa shape index (κ3) is 5.06. The van der Waals surface area contributed by atoms with E-state index < -0.39 is 41.4 Å². The number of carbonyl (C=O) groups is 4. The highest BCUT2D eigenvalue weighted by Gasteiger charge is 2.45. The van der Waals surface area contributed by atoms with E-state index >= 15 is 0 Å². The molecule has 3 rings (SSSR count). The predicted octanol–water partition coefficient (Wildman–Crippen LogP) is 2.05. The Balaban J connectivity index is 1.76. The van der Waals surface area contributed by atoms with Crippen LogP contribution in [0.15, 0.2) is 54.6 Å². The zero-order valence-corrected chi connectivity index (χ0v) is 17.1. The van der Waals surface area contributed by atoms with Crippen molar-refractivity contribution in [3.05, 3.63) is 60.4 Å². The molecule has 1 fully saturated rings. The molecule has 0 spiro atoms. The first-order chi connectivity index (χ1) is 14.8. The lowest BCUT2D eigenvalue weighted by molar-refractivity contribution is -0.150. The highest BCUT2D eigenvalue weighted by molar-refractivity contribution is 6.23. The number of nitrogens with one attached hydrogen (secondary N) is 1. The topological polar surface area (TPSA) is 96.0 Å². The average molecular weight is 427 g/mol. The lowest BCUT2D eigenvalue weighted by Crippen LogP contribution is -2.56. The van der Waals surface area contributed by atoms with Gasteiger partial charge in [-0.15, -0.1) is 0 Å². The Bertz CT molecular complexity index is 978. The Hall–Kier alpha value is -3.75. The fourth-order valence-electron chi connectivity index (χ4n) is 3.08. The van der Waals surface area contributed by atoms with Crippen LogP contribution in [0.4, 0.5) is 10.1 Å². The van der Waals surface area contributed by atoms with Crippen molar-refractivity contribution in [2.75, 3.05) is 11.5 Å². The monoisotopic (exact) mass is 427 g/mol. The van der Waals surface area contributed by atoms with Crippen LogP contribution in [-0.4, -0.2) is 41.3 Å². The molecular weight excluding hydrogens is 405 g/mol. The quantitative estimate of drug-likeness (QED) is 0.562. The van der Waals surface area contributed by atoms with Crippen LogP contribution in [0.1, 0.15) is 20.3 Å². The second kappa shape index (κ2) is 9.38. The summed E-state index contributed by atoms with van der Waals surface area (Å²) in [7, 11) is 0. The van der Waals surface area contributed by atoms with Crippen LogP contribution < -0.4 is 15.1 Å². The van der Waals surface area contributed by atoms with E-state index in [0.717, 1.165) is 22.0 Å². The largest absolute Gasteiger partial charge is 0.484 e. The first-order valence-electron chi connectivity index (χ1n) is 9.70. The van der Waals surface area contributed by atoms with Crippen LogP contribution in [-0.2, 0) is 19.2 Å². The van der Waals surface area contributed by atoms with Crippen molar-refractivity contribution in [3.63, 3.8) is 0 Å². The zero-order chi connectivity index (χ0) is 22.5. The lowest BCUT2D eigenvalue weighted by atomic mass is 10.1. The van der Waals surface area contributed by atoms with Gasteiger partial charge in [0.15, 0.2) is 6.61 Å². The number of halogens is 1. The van der Waals surface area contributed by atoms with Crippen LogP contribution in [0.2, 0.25) is 0 Å². The number of imide groups is 1. The highest BCUT2D eigenvalue weighted by Crippen LogP contribution is 2.26. The molecule has 2 aromatic carbocycles. The van der Waals surface area contributed by atoms with E-state index in [1.165, 1.54) is 12.1 Å². The van der Waals surface area contributed by atoms with E-state index in [9.17, 15) is 23.6 Å². The van der Waals surface area contributed by atoms with Crippen molar-refractivity contribution in [2.45, 2.75) is 26.3 Å². The SMILES string of the molecule is CC(C)C(=O)N(NC(=O)COc1ccccc1)C1CC(=O)N(c2ccc(F)cc2)C1=O. The summed E-state index contributed by atoms with van der Waals surface area (Å²) in [5.41, 5.74) is 2.59. The number of hydrazine groups is 1. The molecule has 0 aliphatic carbocycles. The number of amides is 4. The molecule has 9 heteroatoms. The van der Waals surface area contributed by atoms with Crippen molar-refractivity contribution in [2.24, 2.45) is 5.92 Å². The van der Waals surface area contributed by atoms with Crippen molar-refractivity contribution < 1.29 is 28.3 Å². The smallest absolute Gasteiger partial charge is 0.276 e. The first kappa shape index (κ1) is 21.9. The van der Waals surface area contributed by atoms with E-state index in [2.05, 4.69) is 5.43 Å². The van der Waals surface area contributed by atoms with E-state index in [4.69, 9.17) is 4.74 Å².